The molecule has 3 nitrogen and oxygen atoms in total. The topological polar surface area (TPSA) is 27.7 Å². The van der Waals surface area contributed by atoms with E-state index in [2.05, 4.69) is 26.2 Å². The zero-order valence-corrected chi connectivity index (χ0v) is 10.6. The summed E-state index contributed by atoms with van der Waals surface area (Å²) in [5.74, 6) is 0. The molecule has 0 spiro atoms. The van der Waals surface area contributed by atoms with Gasteiger partial charge in [-0.3, -0.25) is 0 Å². The smallest absolute Gasteiger partial charge is 0.328 e. The van der Waals surface area contributed by atoms with Gasteiger partial charge in [-0.25, -0.2) is 0 Å². The molecule has 0 unspecified atom stereocenters. The van der Waals surface area contributed by atoms with Crippen LogP contribution in [0, 0.1) is 0 Å². The fraction of sp³-hybridized carbons (Fsp3) is 1.00. The van der Waals surface area contributed by atoms with Crippen molar-refractivity contribution in [2.75, 3.05) is 6.66 Å². The molecule has 66 valence electrons. The highest BCUT2D eigenvalue weighted by Gasteiger charge is 2.44. The van der Waals surface area contributed by atoms with Crippen molar-refractivity contribution in [3.05, 3.63) is 0 Å². The molecule has 11 heavy (non-hydrogen) atoms. The fourth-order valence-electron chi connectivity index (χ4n) is 1.27. The molecule has 1 heterocycles. The van der Waals surface area contributed by atoms with Gasteiger partial charge < -0.3 is 12.5 Å². The first-order valence-electron chi connectivity index (χ1n) is 3.63. The Hall–Kier alpha value is 0.744. The van der Waals surface area contributed by atoms with Gasteiger partial charge in [0.1, 0.15) is 8.38 Å². The predicted molar refractivity (Wildman–Crippen MR) is 51.1 cm³/mol. The molecule has 0 bridgehead atoms. The molecule has 0 aliphatic carbocycles. The van der Waals surface area contributed by atoms with Crippen LogP contribution in [-0.4, -0.2) is 23.8 Å². The Balaban J connectivity index is 2.66. The van der Waals surface area contributed by atoms with Crippen molar-refractivity contribution < 1.29 is 12.5 Å². The van der Waals surface area contributed by atoms with Gasteiger partial charge in [0.05, 0.1) is 0 Å². The highest BCUT2D eigenvalue weighted by Crippen LogP contribution is 2.46. The number of hydrogen-bond donors (Lipinski definition) is 0. The van der Waals surface area contributed by atoms with Crippen LogP contribution >= 0.6 is 8.38 Å². The first-order chi connectivity index (χ1) is 4.81. The molecule has 1 aliphatic rings. The molecule has 0 radical (unpaired) electrons. The van der Waals surface area contributed by atoms with Crippen LogP contribution in [0.2, 0.25) is 26.2 Å². The van der Waals surface area contributed by atoms with Gasteiger partial charge in [-0.05, 0) is 26.2 Å². The Morgan fingerprint density at radius 1 is 0.909 bits per heavy atom. The van der Waals surface area contributed by atoms with Crippen molar-refractivity contribution in [3.8, 4) is 0 Å². The van der Waals surface area contributed by atoms with E-state index in [1.807, 2.05) is 6.66 Å². The van der Waals surface area contributed by atoms with Gasteiger partial charge in [0.15, 0.2) is 0 Å². The summed E-state index contributed by atoms with van der Waals surface area (Å²) in [6.45, 7) is 10.3. The van der Waals surface area contributed by atoms with E-state index in [0.29, 0.717) is 0 Å². The number of rotatable bonds is 0. The zero-order valence-electron chi connectivity index (χ0n) is 7.67. The molecule has 1 aliphatic heterocycles. The lowest BCUT2D eigenvalue weighted by atomic mass is 11.9. The van der Waals surface area contributed by atoms with Gasteiger partial charge >= 0.3 is 17.1 Å². The standard InChI is InChI=1S/C5H15O3PSi2/c1-9-6-10(2,3)8-11(4,5)7-9/h1-5H3. The van der Waals surface area contributed by atoms with Gasteiger partial charge in [0.25, 0.3) is 0 Å². The van der Waals surface area contributed by atoms with Crippen LogP contribution in [-0.2, 0) is 12.5 Å². The summed E-state index contributed by atoms with van der Waals surface area (Å²) >= 11 is 0. The van der Waals surface area contributed by atoms with Gasteiger partial charge in [-0.15, -0.1) is 0 Å². The Labute approximate surface area is 71.5 Å². The monoisotopic (exact) mass is 210 g/mol. The van der Waals surface area contributed by atoms with Crippen molar-refractivity contribution in [1.82, 2.24) is 0 Å². The Kier molecular flexibility index (Phi) is 2.59. The molecule has 1 rings (SSSR count). The van der Waals surface area contributed by atoms with Crippen molar-refractivity contribution in [3.63, 3.8) is 0 Å². The van der Waals surface area contributed by atoms with Crippen molar-refractivity contribution in [2.24, 2.45) is 0 Å². The summed E-state index contributed by atoms with van der Waals surface area (Å²) in [5.41, 5.74) is 0. The summed E-state index contributed by atoms with van der Waals surface area (Å²) in [6, 6.07) is 0. The Bertz CT molecular complexity index is 146. The minimum Gasteiger partial charge on any atom is -0.415 e. The molecular formula is C5H15O3PSi2. The lowest BCUT2D eigenvalue weighted by Gasteiger charge is -2.40. The van der Waals surface area contributed by atoms with Crippen LogP contribution in [0.1, 0.15) is 0 Å². The van der Waals surface area contributed by atoms with E-state index in [-0.39, 0.29) is 0 Å². The maximum Gasteiger partial charge on any atom is 0.328 e. The van der Waals surface area contributed by atoms with E-state index in [9.17, 15) is 0 Å². The molecule has 0 N–H and O–H groups in total. The third-order valence-corrected chi connectivity index (χ3v) is 10.7. The van der Waals surface area contributed by atoms with E-state index in [1.54, 1.807) is 0 Å². The lowest BCUT2D eigenvalue weighted by Crippen LogP contribution is -2.50. The summed E-state index contributed by atoms with van der Waals surface area (Å²) in [7, 11) is -4.32. The van der Waals surface area contributed by atoms with Crippen LogP contribution in [0.15, 0.2) is 0 Å². The van der Waals surface area contributed by atoms with Gasteiger partial charge in [-0.2, -0.15) is 0 Å². The van der Waals surface area contributed by atoms with Crippen LogP contribution in [0.4, 0.5) is 0 Å². The highest BCUT2D eigenvalue weighted by molar-refractivity contribution is 7.50. The van der Waals surface area contributed by atoms with Crippen LogP contribution in [0.5, 0.6) is 0 Å². The third kappa shape index (κ3) is 2.93. The van der Waals surface area contributed by atoms with E-state index in [4.69, 9.17) is 12.5 Å². The molecule has 0 atom stereocenters. The van der Waals surface area contributed by atoms with Gasteiger partial charge in [0, 0.05) is 6.66 Å². The minimum absolute atomic E-state index is 0.669. The van der Waals surface area contributed by atoms with Crippen LogP contribution in [0.3, 0.4) is 0 Å². The van der Waals surface area contributed by atoms with Crippen molar-refractivity contribution in [2.45, 2.75) is 26.2 Å². The summed E-state index contributed by atoms with van der Waals surface area (Å²) in [6.07, 6.45) is 0. The average Bonchev–Trinajstić information content (AvgIpc) is 1.49. The molecule has 0 aromatic carbocycles. The summed E-state index contributed by atoms with van der Waals surface area (Å²) < 4.78 is 17.0. The summed E-state index contributed by atoms with van der Waals surface area (Å²) in [4.78, 5) is 0. The average molecular weight is 210 g/mol. The second kappa shape index (κ2) is 2.90. The van der Waals surface area contributed by atoms with E-state index >= 15 is 0 Å². The highest BCUT2D eigenvalue weighted by atomic mass is 31.2. The Morgan fingerprint density at radius 2 is 1.27 bits per heavy atom. The molecule has 1 saturated heterocycles. The second-order valence-electron chi connectivity index (χ2n) is 3.52. The quantitative estimate of drug-likeness (QED) is 0.454. The van der Waals surface area contributed by atoms with Crippen LogP contribution < -0.4 is 0 Å². The molecular weight excluding hydrogens is 195 g/mol. The van der Waals surface area contributed by atoms with Crippen molar-refractivity contribution >= 4 is 25.5 Å². The van der Waals surface area contributed by atoms with Crippen molar-refractivity contribution in [1.29, 1.82) is 0 Å². The fourth-order valence-corrected chi connectivity index (χ4v) is 12.4. The van der Waals surface area contributed by atoms with E-state index in [1.165, 1.54) is 0 Å². The first-order valence-corrected chi connectivity index (χ1v) is 10.9. The minimum atomic E-state index is -1.82. The SMILES string of the molecule is CP1O[Si](C)(C)O[Si](C)(C)O1. The maximum absolute atomic E-state index is 5.78. The maximum atomic E-state index is 5.78. The Morgan fingerprint density at radius 3 is 1.55 bits per heavy atom. The van der Waals surface area contributed by atoms with Crippen LogP contribution in [0.25, 0.3) is 0 Å². The molecule has 0 amide bonds. The largest absolute Gasteiger partial charge is 0.415 e. The zero-order chi connectivity index (χ0) is 8.70. The van der Waals surface area contributed by atoms with E-state index in [0.717, 1.165) is 0 Å². The normalized spacial score (nSPS) is 30.3. The molecule has 0 aromatic rings. The van der Waals surface area contributed by atoms with E-state index < -0.39 is 25.5 Å². The third-order valence-electron chi connectivity index (χ3n) is 1.19. The number of hydrogen-bond acceptors (Lipinski definition) is 3. The lowest BCUT2D eigenvalue weighted by molar-refractivity contribution is 0.293. The molecule has 1 fully saturated rings. The predicted octanol–water partition coefficient (Wildman–Crippen LogP) is 2.40. The summed E-state index contributed by atoms with van der Waals surface area (Å²) in [5, 5.41) is 0. The first kappa shape index (κ1) is 9.83. The molecule has 0 saturated carbocycles. The molecule has 0 aromatic heterocycles. The second-order valence-corrected chi connectivity index (χ2v) is 12.3. The van der Waals surface area contributed by atoms with Gasteiger partial charge in [0.2, 0.25) is 0 Å². The van der Waals surface area contributed by atoms with Gasteiger partial charge in [-0.1, -0.05) is 0 Å². The molecule has 6 heteroatoms.